The van der Waals surface area contributed by atoms with Crippen molar-refractivity contribution in [2.45, 2.75) is 33.8 Å². The van der Waals surface area contributed by atoms with Crippen LogP contribution in [0.3, 0.4) is 0 Å². The average molecular weight is 369 g/mol. The van der Waals surface area contributed by atoms with Crippen LogP contribution in [0.25, 0.3) is 0 Å². The number of esters is 1. The minimum Gasteiger partial charge on any atom is -0.461 e. The maximum Gasteiger partial charge on any atom is 0.310 e. The van der Waals surface area contributed by atoms with E-state index < -0.39 is 5.92 Å². The third-order valence-electron chi connectivity index (χ3n) is 4.25. The van der Waals surface area contributed by atoms with Gasteiger partial charge in [-0.2, -0.15) is 5.06 Å². The number of benzene rings is 2. The molecule has 0 aliphatic heterocycles. The van der Waals surface area contributed by atoms with Crippen LogP contribution in [0.15, 0.2) is 60.7 Å². The molecule has 1 atom stereocenters. The molecule has 2 aromatic rings. The standard InChI is InChI=1S/C22H27NO4/c1-4-23(27-19-13-9-6-10-14-19)21(24)15-20(17(2)3)22(25)26-16-18-11-7-5-8-12-18/h5-14,17,20H,4,15-16H2,1-3H3. The summed E-state index contributed by atoms with van der Waals surface area (Å²) in [5.41, 5.74) is 0.919. The van der Waals surface area contributed by atoms with Crippen LogP contribution in [0.2, 0.25) is 0 Å². The number of para-hydroxylation sites is 1. The zero-order valence-electron chi connectivity index (χ0n) is 16.1. The molecule has 0 aromatic heterocycles. The molecule has 1 amide bonds. The number of carbonyl (C=O) groups excluding carboxylic acids is 2. The Bertz CT molecular complexity index is 716. The van der Waals surface area contributed by atoms with Gasteiger partial charge in [0, 0.05) is 6.42 Å². The van der Waals surface area contributed by atoms with Gasteiger partial charge in [-0.05, 0) is 30.5 Å². The summed E-state index contributed by atoms with van der Waals surface area (Å²) in [5, 5.41) is 1.29. The van der Waals surface area contributed by atoms with Crippen molar-refractivity contribution < 1.29 is 19.2 Å². The van der Waals surface area contributed by atoms with Crippen molar-refractivity contribution >= 4 is 11.9 Å². The molecular formula is C22H27NO4. The molecule has 0 saturated heterocycles. The van der Waals surface area contributed by atoms with Gasteiger partial charge in [-0.25, -0.2) is 0 Å². The highest BCUT2D eigenvalue weighted by molar-refractivity contribution is 5.82. The number of amides is 1. The second-order valence-electron chi connectivity index (χ2n) is 6.64. The second kappa shape index (κ2) is 10.4. The molecule has 0 N–H and O–H groups in total. The third kappa shape index (κ3) is 6.44. The Balaban J connectivity index is 1.96. The van der Waals surface area contributed by atoms with Gasteiger partial charge < -0.3 is 9.57 Å². The first kappa shape index (κ1) is 20.5. The predicted octanol–water partition coefficient (Wildman–Crippen LogP) is 4.23. The average Bonchev–Trinajstić information content (AvgIpc) is 2.69. The van der Waals surface area contributed by atoms with Crippen LogP contribution in [0.5, 0.6) is 5.75 Å². The summed E-state index contributed by atoms with van der Waals surface area (Å²) in [7, 11) is 0. The maximum absolute atomic E-state index is 12.7. The van der Waals surface area contributed by atoms with E-state index in [1.165, 1.54) is 5.06 Å². The van der Waals surface area contributed by atoms with Crippen molar-refractivity contribution in [2.24, 2.45) is 11.8 Å². The molecular weight excluding hydrogens is 342 g/mol. The molecule has 2 rings (SSSR count). The quantitative estimate of drug-likeness (QED) is 0.490. The van der Waals surface area contributed by atoms with Crippen molar-refractivity contribution in [3.8, 4) is 5.75 Å². The van der Waals surface area contributed by atoms with Crippen LogP contribution in [0, 0.1) is 11.8 Å². The summed E-state index contributed by atoms with van der Waals surface area (Å²) in [6, 6.07) is 18.6. The van der Waals surface area contributed by atoms with E-state index in [0.29, 0.717) is 12.3 Å². The summed E-state index contributed by atoms with van der Waals surface area (Å²) < 4.78 is 5.43. The lowest BCUT2D eigenvalue weighted by molar-refractivity contribution is -0.164. The molecule has 0 aliphatic rings. The van der Waals surface area contributed by atoms with Crippen molar-refractivity contribution in [3.63, 3.8) is 0 Å². The number of hydroxylamine groups is 2. The normalized spacial score (nSPS) is 11.7. The molecule has 0 heterocycles. The highest BCUT2D eigenvalue weighted by Gasteiger charge is 2.29. The van der Waals surface area contributed by atoms with E-state index in [4.69, 9.17) is 9.57 Å². The van der Waals surface area contributed by atoms with Gasteiger partial charge in [-0.3, -0.25) is 9.59 Å². The van der Waals surface area contributed by atoms with Crippen molar-refractivity contribution in [1.82, 2.24) is 5.06 Å². The summed E-state index contributed by atoms with van der Waals surface area (Å²) in [4.78, 5) is 30.8. The van der Waals surface area contributed by atoms with Gasteiger partial charge in [0.05, 0.1) is 12.5 Å². The largest absolute Gasteiger partial charge is 0.461 e. The van der Waals surface area contributed by atoms with Gasteiger partial charge >= 0.3 is 5.97 Å². The number of nitrogens with zero attached hydrogens (tertiary/aromatic N) is 1. The first-order chi connectivity index (χ1) is 13.0. The molecule has 0 bridgehead atoms. The van der Waals surface area contributed by atoms with Crippen LogP contribution < -0.4 is 4.84 Å². The zero-order valence-corrected chi connectivity index (χ0v) is 16.1. The van der Waals surface area contributed by atoms with Gasteiger partial charge in [-0.1, -0.05) is 62.4 Å². The SMILES string of the molecule is CCN(Oc1ccccc1)C(=O)CC(C(=O)OCc1ccccc1)C(C)C. The van der Waals surface area contributed by atoms with Crippen molar-refractivity contribution in [1.29, 1.82) is 0 Å². The monoisotopic (exact) mass is 369 g/mol. The van der Waals surface area contributed by atoms with Gasteiger partial charge in [0.2, 0.25) is 0 Å². The molecule has 0 saturated carbocycles. The Morgan fingerprint density at radius 3 is 2.11 bits per heavy atom. The lowest BCUT2D eigenvalue weighted by Crippen LogP contribution is -2.37. The highest BCUT2D eigenvalue weighted by Crippen LogP contribution is 2.20. The first-order valence-corrected chi connectivity index (χ1v) is 9.25. The molecule has 0 fully saturated rings. The Hall–Kier alpha value is -2.82. The fourth-order valence-electron chi connectivity index (χ4n) is 2.62. The van der Waals surface area contributed by atoms with Crippen LogP contribution in [-0.2, 0) is 20.9 Å². The maximum atomic E-state index is 12.7. The van der Waals surface area contributed by atoms with Crippen LogP contribution in [0.1, 0.15) is 32.8 Å². The molecule has 0 radical (unpaired) electrons. The third-order valence-corrected chi connectivity index (χ3v) is 4.25. The fraction of sp³-hybridized carbons (Fsp3) is 0.364. The Morgan fingerprint density at radius 2 is 1.56 bits per heavy atom. The fourth-order valence-corrected chi connectivity index (χ4v) is 2.62. The van der Waals surface area contributed by atoms with E-state index in [2.05, 4.69) is 0 Å². The van der Waals surface area contributed by atoms with Gasteiger partial charge in [0.25, 0.3) is 5.91 Å². The Labute approximate surface area is 160 Å². The molecule has 2 aromatic carbocycles. The molecule has 1 unspecified atom stereocenters. The van der Waals surface area contributed by atoms with Crippen LogP contribution in [-0.4, -0.2) is 23.5 Å². The van der Waals surface area contributed by atoms with Gasteiger partial charge in [0.15, 0.2) is 5.75 Å². The zero-order chi connectivity index (χ0) is 19.6. The van der Waals surface area contributed by atoms with Crippen molar-refractivity contribution in [2.75, 3.05) is 6.54 Å². The predicted molar refractivity (Wildman–Crippen MR) is 104 cm³/mol. The summed E-state index contributed by atoms with van der Waals surface area (Å²) in [6.07, 6.45) is 0.0476. The topological polar surface area (TPSA) is 55.8 Å². The summed E-state index contributed by atoms with van der Waals surface area (Å²) >= 11 is 0. The smallest absolute Gasteiger partial charge is 0.310 e. The molecule has 27 heavy (non-hydrogen) atoms. The number of carbonyl (C=O) groups is 2. The lowest BCUT2D eigenvalue weighted by atomic mass is 9.92. The van der Waals surface area contributed by atoms with Gasteiger partial charge in [-0.15, -0.1) is 0 Å². The Kier molecular flexibility index (Phi) is 7.86. The number of hydrogen-bond donors (Lipinski definition) is 0. The van der Waals surface area contributed by atoms with E-state index in [1.807, 2.05) is 69.3 Å². The van der Waals surface area contributed by atoms with E-state index in [0.717, 1.165) is 5.56 Å². The highest BCUT2D eigenvalue weighted by atomic mass is 16.7. The number of rotatable bonds is 9. The van der Waals surface area contributed by atoms with E-state index in [-0.39, 0.29) is 30.8 Å². The molecule has 5 heteroatoms. The van der Waals surface area contributed by atoms with Gasteiger partial charge in [0.1, 0.15) is 6.61 Å². The minimum atomic E-state index is -0.519. The second-order valence-corrected chi connectivity index (χ2v) is 6.64. The first-order valence-electron chi connectivity index (χ1n) is 9.25. The van der Waals surface area contributed by atoms with Crippen LogP contribution >= 0.6 is 0 Å². The molecule has 144 valence electrons. The van der Waals surface area contributed by atoms with E-state index in [9.17, 15) is 9.59 Å². The molecule has 0 spiro atoms. The molecule has 0 aliphatic carbocycles. The minimum absolute atomic E-state index is 0.0207. The number of ether oxygens (including phenoxy) is 1. The number of hydrogen-bond acceptors (Lipinski definition) is 4. The lowest BCUT2D eigenvalue weighted by Gasteiger charge is -2.24. The van der Waals surface area contributed by atoms with Crippen LogP contribution in [0.4, 0.5) is 0 Å². The summed E-state index contributed by atoms with van der Waals surface area (Å²) in [6.45, 7) is 6.25. The van der Waals surface area contributed by atoms with E-state index in [1.54, 1.807) is 12.1 Å². The Morgan fingerprint density at radius 1 is 0.963 bits per heavy atom. The molecule has 5 nitrogen and oxygen atoms in total. The summed E-state index contributed by atoms with van der Waals surface area (Å²) in [5.74, 6) is -0.558. The van der Waals surface area contributed by atoms with Crippen molar-refractivity contribution in [3.05, 3.63) is 66.2 Å². The van der Waals surface area contributed by atoms with E-state index >= 15 is 0 Å².